The van der Waals surface area contributed by atoms with Crippen LogP contribution in [0.2, 0.25) is 0 Å². The predicted octanol–water partition coefficient (Wildman–Crippen LogP) is 3.14. The molecule has 0 radical (unpaired) electrons. The van der Waals surface area contributed by atoms with Crippen molar-refractivity contribution in [2.45, 2.75) is 38.9 Å². The van der Waals surface area contributed by atoms with Gasteiger partial charge in [0.2, 0.25) is 0 Å². The summed E-state index contributed by atoms with van der Waals surface area (Å²) in [5.41, 5.74) is 0. The Morgan fingerprint density at radius 3 is 2.45 bits per heavy atom. The molecule has 11 heavy (non-hydrogen) atoms. The van der Waals surface area contributed by atoms with Gasteiger partial charge in [-0.05, 0) is 41.4 Å². The van der Waals surface area contributed by atoms with Crippen molar-refractivity contribution in [3.8, 4) is 0 Å². The Morgan fingerprint density at radius 2 is 2.18 bits per heavy atom. The molecule has 1 nitrogen and oxygen atoms in total. The van der Waals surface area contributed by atoms with Gasteiger partial charge in [-0.25, -0.2) is 0 Å². The van der Waals surface area contributed by atoms with Crippen molar-refractivity contribution in [1.29, 1.82) is 0 Å². The van der Waals surface area contributed by atoms with Gasteiger partial charge in [-0.1, -0.05) is 20.4 Å². The van der Waals surface area contributed by atoms with Crippen LogP contribution >= 0.6 is 22.6 Å². The van der Waals surface area contributed by atoms with Gasteiger partial charge in [-0.15, -0.1) is 0 Å². The third-order valence-electron chi connectivity index (χ3n) is 2.15. The molecule has 1 heterocycles. The van der Waals surface area contributed by atoms with Crippen molar-refractivity contribution in [3.05, 3.63) is 10.2 Å². The molecule has 1 aliphatic rings. The zero-order valence-electron chi connectivity index (χ0n) is 7.14. The Kier molecular flexibility index (Phi) is 3.37. The highest BCUT2D eigenvalue weighted by Gasteiger charge is 2.27. The second-order valence-corrected chi connectivity index (χ2v) is 4.82. The zero-order valence-corrected chi connectivity index (χ0v) is 9.30. The van der Waals surface area contributed by atoms with Crippen LogP contribution in [0, 0.1) is 5.92 Å². The van der Waals surface area contributed by atoms with E-state index in [0.29, 0.717) is 18.1 Å². The number of rotatable bonds is 2. The number of hydrogen-bond acceptors (Lipinski definition) is 1. The lowest BCUT2D eigenvalue weighted by Crippen LogP contribution is -2.16. The summed E-state index contributed by atoms with van der Waals surface area (Å²) in [5.74, 6) is 0.649. The molecule has 0 aliphatic carbocycles. The van der Waals surface area contributed by atoms with Crippen LogP contribution in [-0.2, 0) is 4.74 Å². The minimum absolute atomic E-state index is 0.322. The van der Waals surface area contributed by atoms with Gasteiger partial charge < -0.3 is 4.74 Å². The highest BCUT2D eigenvalue weighted by atomic mass is 127. The SMILES string of the molecule is C=C(I)[C@@H]1CC[C@H](C(C)C)O1. The topological polar surface area (TPSA) is 9.23 Å². The molecule has 0 amide bonds. The maximum absolute atomic E-state index is 5.78. The Balaban J connectivity index is 2.41. The molecule has 0 aromatic heterocycles. The maximum atomic E-state index is 5.78. The van der Waals surface area contributed by atoms with E-state index in [0.717, 1.165) is 10.0 Å². The Hall–Kier alpha value is 0.430. The van der Waals surface area contributed by atoms with Crippen molar-refractivity contribution in [3.63, 3.8) is 0 Å². The second kappa shape index (κ2) is 3.90. The van der Waals surface area contributed by atoms with E-state index in [-0.39, 0.29) is 0 Å². The van der Waals surface area contributed by atoms with Crippen LogP contribution in [0.3, 0.4) is 0 Å². The van der Waals surface area contributed by atoms with Crippen molar-refractivity contribution in [2.24, 2.45) is 5.92 Å². The second-order valence-electron chi connectivity index (χ2n) is 3.43. The lowest BCUT2D eigenvalue weighted by Gasteiger charge is -2.15. The van der Waals surface area contributed by atoms with E-state index in [1.807, 2.05) is 0 Å². The van der Waals surface area contributed by atoms with Gasteiger partial charge in [0.15, 0.2) is 0 Å². The molecule has 2 atom stereocenters. The average Bonchev–Trinajstić information content (AvgIpc) is 2.33. The lowest BCUT2D eigenvalue weighted by molar-refractivity contribution is 0.0413. The number of halogens is 1. The van der Waals surface area contributed by atoms with Gasteiger partial charge >= 0.3 is 0 Å². The Morgan fingerprint density at radius 1 is 1.55 bits per heavy atom. The molecule has 0 saturated carbocycles. The van der Waals surface area contributed by atoms with Crippen LogP contribution in [0.5, 0.6) is 0 Å². The molecule has 0 aromatic rings. The molecule has 0 N–H and O–H groups in total. The zero-order chi connectivity index (χ0) is 8.43. The highest BCUT2D eigenvalue weighted by Crippen LogP contribution is 2.30. The first-order valence-corrected chi connectivity index (χ1v) is 5.19. The predicted molar refractivity (Wildman–Crippen MR) is 55.9 cm³/mol. The summed E-state index contributed by atoms with van der Waals surface area (Å²) in [6.45, 7) is 8.32. The van der Waals surface area contributed by atoms with E-state index in [2.05, 4.69) is 43.0 Å². The van der Waals surface area contributed by atoms with E-state index in [1.54, 1.807) is 0 Å². The number of hydrogen-bond donors (Lipinski definition) is 0. The van der Waals surface area contributed by atoms with Crippen molar-refractivity contribution >= 4 is 22.6 Å². The summed E-state index contributed by atoms with van der Waals surface area (Å²) in [5, 5.41) is 0. The quantitative estimate of drug-likeness (QED) is 0.698. The van der Waals surface area contributed by atoms with Crippen LogP contribution in [0.15, 0.2) is 10.2 Å². The molecule has 0 aromatic carbocycles. The normalized spacial score (nSPS) is 31.3. The highest BCUT2D eigenvalue weighted by molar-refractivity contribution is 14.1. The molecular weight excluding hydrogens is 251 g/mol. The van der Waals surface area contributed by atoms with Crippen LogP contribution in [0.4, 0.5) is 0 Å². The molecule has 1 fully saturated rings. The van der Waals surface area contributed by atoms with Crippen LogP contribution in [-0.4, -0.2) is 12.2 Å². The molecule has 0 spiro atoms. The minimum atomic E-state index is 0.322. The summed E-state index contributed by atoms with van der Waals surface area (Å²) in [6.07, 6.45) is 3.14. The average molecular weight is 266 g/mol. The van der Waals surface area contributed by atoms with Crippen LogP contribution in [0.25, 0.3) is 0 Å². The third kappa shape index (κ3) is 2.44. The summed E-state index contributed by atoms with van der Waals surface area (Å²) in [4.78, 5) is 0. The van der Waals surface area contributed by atoms with E-state index < -0.39 is 0 Å². The summed E-state index contributed by atoms with van der Waals surface area (Å²) in [6, 6.07) is 0. The maximum Gasteiger partial charge on any atom is 0.0880 e. The monoisotopic (exact) mass is 266 g/mol. The fourth-order valence-corrected chi connectivity index (χ4v) is 1.84. The van der Waals surface area contributed by atoms with Gasteiger partial charge in [0, 0.05) is 3.58 Å². The summed E-state index contributed by atoms with van der Waals surface area (Å²) >= 11 is 2.26. The summed E-state index contributed by atoms with van der Waals surface area (Å²) < 4.78 is 6.92. The van der Waals surface area contributed by atoms with Crippen molar-refractivity contribution in [2.75, 3.05) is 0 Å². The van der Waals surface area contributed by atoms with Crippen molar-refractivity contribution < 1.29 is 4.74 Å². The van der Waals surface area contributed by atoms with E-state index in [9.17, 15) is 0 Å². The smallest absolute Gasteiger partial charge is 0.0880 e. The first kappa shape index (κ1) is 9.52. The summed E-state index contributed by atoms with van der Waals surface area (Å²) in [7, 11) is 0. The lowest BCUT2D eigenvalue weighted by atomic mass is 10.0. The molecular formula is C9H15IO. The van der Waals surface area contributed by atoms with E-state index in [1.165, 1.54) is 6.42 Å². The molecule has 1 aliphatic heterocycles. The van der Waals surface area contributed by atoms with Gasteiger partial charge in [-0.2, -0.15) is 0 Å². The largest absolute Gasteiger partial charge is 0.370 e. The number of ether oxygens (including phenoxy) is 1. The first-order valence-electron chi connectivity index (χ1n) is 4.11. The van der Waals surface area contributed by atoms with E-state index >= 15 is 0 Å². The van der Waals surface area contributed by atoms with Crippen LogP contribution < -0.4 is 0 Å². The molecule has 1 rings (SSSR count). The Labute approximate surface area is 82.3 Å². The van der Waals surface area contributed by atoms with Gasteiger partial charge in [0.25, 0.3) is 0 Å². The minimum Gasteiger partial charge on any atom is -0.370 e. The van der Waals surface area contributed by atoms with Crippen molar-refractivity contribution in [1.82, 2.24) is 0 Å². The Bertz CT molecular complexity index is 154. The molecule has 0 unspecified atom stereocenters. The van der Waals surface area contributed by atoms with Crippen LogP contribution in [0.1, 0.15) is 26.7 Å². The molecule has 64 valence electrons. The van der Waals surface area contributed by atoms with Gasteiger partial charge in [0.05, 0.1) is 12.2 Å². The molecule has 2 heteroatoms. The van der Waals surface area contributed by atoms with Gasteiger partial charge in [-0.3, -0.25) is 0 Å². The fourth-order valence-electron chi connectivity index (χ4n) is 1.38. The first-order chi connectivity index (χ1) is 5.11. The molecule has 1 saturated heterocycles. The molecule has 0 bridgehead atoms. The third-order valence-corrected chi connectivity index (χ3v) is 2.84. The van der Waals surface area contributed by atoms with E-state index in [4.69, 9.17) is 4.74 Å². The fraction of sp³-hybridized carbons (Fsp3) is 0.778. The standard InChI is InChI=1S/C9H15IO/c1-6(2)8-4-5-9(11-8)7(3)10/h6,8-9H,3-5H2,1-2H3/t8-,9+/m1/s1. The van der Waals surface area contributed by atoms with Gasteiger partial charge in [0.1, 0.15) is 0 Å².